The second-order valence-corrected chi connectivity index (χ2v) is 4.36. The number of benzene rings is 1. The highest BCUT2D eigenvalue weighted by Gasteiger charge is 2.01. The molecule has 0 radical (unpaired) electrons. The molecule has 5 heteroatoms. The van der Waals surface area contributed by atoms with Gasteiger partial charge in [-0.3, -0.25) is 4.79 Å². The quantitative estimate of drug-likeness (QED) is 0.819. The van der Waals surface area contributed by atoms with Crippen molar-refractivity contribution in [3.63, 3.8) is 0 Å². The van der Waals surface area contributed by atoms with Crippen molar-refractivity contribution in [3.8, 4) is 6.07 Å². The number of amides is 1. The maximum absolute atomic E-state index is 11.0. The molecule has 0 heterocycles. The third-order valence-electron chi connectivity index (χ3n) is 2.27. The van der Waals surface area contributed by atoms with E-state index in [-0.39, 0.29) is 5.91 Å². The largest absolute Gasteiger partial charge is 0.384 e. The Labute approximate surface area is 109 Å². The standard InChI is InChI=1S/C12H14BrN3O/c1-15-12(17)3-2-6-16-11-5-4-9(8-14)7-10(11)13/h4-5,7,16H,2-3,6H2,1H3,(H,15,17). The van der Waals surface area contributed by atoms with Crippen LogP contribution in [0.1, 0.15) is 18.4 Å². The summed E-state index contributed by atoms with van der Waals surface area (Å²) in [4.78, 5) is 11.0. The van der Waals surface area contributed by atoms with Crippen molar-refractivity contribution in [2.24, 2.45) is 0 Å². The van der Waals surface area contributed by atoms with E-state index in [2.05, 4.69) is 32.6 Å². The zero-order chi connectivity index (χ0) is 12.7. The van der Waals surface area contributed by atoms with E-state index in [4.69, 9.17) is 5.26 Å². The average molecular weight is 296 g/mol. The highest BCUT2D eigenvalue weighted by molar-refractivity contribution is 9.10. The third kappa shape index (κ3) is 4.45. The number of halogens is 1. The fourth-order valence-corrected chi connectivity index (χ4v) is 1.84. The van der Waals surface area contributed by atoms with Gasteiger partial charge in [-0.15, -0.1) is 0 Å². The number of nitriles is 1. The van der Waals surface area contributed by atoms with Crippen LogP contribution in [-0.2, 0) is 4.79 Å². The monoisotopic (exact) mass is 295 g/mol. The van der Waals surface area contributed by atoms with Crippen molar-refractivity contribution < 1.29 is 4.79 Å². The van der Waals surface area contributed by atoms with Gasteiger partial charge in [0.1, 0.15) is 0 Å². The van der Waals surface area contributed by atoms with Gasteiger partial charge < -0.3 is 10.6 Å². The van der Waals surface area contributed by atoms with E-state index < -0.39 is 0 Å². The summed E-state index contributed by atoms with van der Waals surface area (Å²) in [7, 11) is 1.63. The molecule has 0 aliphatic carbocycles. The average Bonchev–Trinajstić information content (AvgIpc) is 2.35. The molecule has 0 saturated carbocycles. The van der Waals surface area contributed by atoms with Crippen LogP contribution in [-0.4, -0.2) is 19.5 Å². The van der Waals surface area contributed by atoms with Crippen LogP contribution in [0.25, 0.3) is 0 Å². The molecule has 0 fully saturated rings. The van der Waals surface area contributed by atoms with E-state index in [0.29, 0.717) is 12.0 Å². The van der Waals surface area contributed by atoms with E-state index in [0.717, 1.165) is 23.1 Å². The second-order valence-electron chi connectivity index (χ2n) is 3.51. The van der Waals surface area contributed by atoms with Gasteiger partial charge in [0.15, 0.2) is 0 Å². The molecule has 0 unspecified atom stereocenters. The van der Waals surface area contributed by atoms with Crippen LogP contribution in [0.4, 0.5) is 5.69 Å². The van der Waals surface area contributed by atoms with Gasteiger partial charge >= 0.3 is 0 Å². The summed E-state index contributed by atoms with van der Waals surface area (Å²) in [5.74, 6) is 0.0469. The van der Waals surface area contributed by atoms with Crippen LogP contribution < -0.4 is 10.6 Å². The van der Waals surface area contributed by atoms with Gasteiger partial charge in [0.25, 0.3) is 0 Å². The third-order valence-corrected chi connectivity index (χ3v) is 2.93. The van der Waals surface area contributed by atoms with Gasteiger partial charge in [-0.2, -0.15) is 5.26 Å². The summed E-state index contributed by atoms with van der Waals surface area (Å²) >= 11 is 3.39. The van der Waals surface area contributed by atoms with E-state index >= 15 is 0 Å². The van der Waals surface area contributed by atoms with Crippen LogP contribution in [0.5, 0.6) is 0 Å². The maximum atomic E-state index is 11.0. The number of carbonyl (C=O) groups is 1. The first-order valence-electron chi connectivity index (χ1n) is 5.31. The second kappa shape index (κ2) is 6.92. The predicted octanol–water partition coefficient (Wildman–Crippen LogP) is 2.26. The highest BCUT2D eigenvalue weighted by Crippen LogP contribution is 2.23. The first kappa shape index (κ1) is 13.5. The van der Waals surface area contributed by atoms with Crippen LogP contribution in [0.3, 0.4) is 0 Å². The molecule has 1 rings (SSSR count). The minimum Gasteiger partial charge on any atom is -0.384 e. The number of anilines is 1. The van der Waals surface area contributed by atoms with Crippen molar-refractivity contribution in [1.29, 1.82) is 5.26 Å². The molecular formula is C12H14BrN3O. The van der Waals surface area contributed by atoms with Crippen LogP contribution in [0.15, 0.2) is 22.7 Å². The topological polar surface area (TPSA) is 64.9 Å². The van der Waals surface area contributed by atoms with Crippen molar-refractivity contribution in [3.05, 3.63) is 28.2 Å². The molecule has 4 nitrogen and oxygen atoms in total. The Morgan fingerprint density at radius 2 is 2.29 bits per heavy atom. The molecule has 0 aliphatic heterocycles. The van der Waals surface area contributed by atoms with E-state index in [1.165, 1.54) is 0 Å². The minimum absolute atomic E-state index is 0.0469. The minimum atomic E-state index is 0.0469. The Kier molecular flexibility index (Phi) is 5.50. The summed E-state index contributed by atoms with van der Waals surface area (Å²) in [6, 6.07) is 7.44. The maximum Gasteiger partial charge on any atom is 0.219 e. The molecule has 0 aromatic heterocycles. The summed E-state index contributed by atoms with van der Waals surface area (Å²) in [5, 5.41) is 14.5. The lowest BCUT2D eigenvalue weighted by atomic mass is 10.2. The van der Waals surface area contributed by atoms with Crippen LogP contribution in [0, 0.1) is 11.3 Å². The fraction of sp³-hybridized carbons (Fsp3) is 0.333. The number of hydrogen-bond donors (Lipinski definition) is 2. The van der Waals surface area contributed by atoms with Crippen molar-refractivity contribution in [2.45, 2.75) is 12.8 Å². The van der Waals surface area contributed by atoms with Gasteiger partial charge in [0, 0.05) is 30.2 Å². The van der Waals surface area contributed by atoms with E-state index in [1.54, 1.807) is 19.2 Å². The summed E-state index contributed by atoms with van der Waals surface area (Å²) in [6.07, 6.45) is 1.28. The van der Waals surface area contributed by atoms with Crippen molar-refractivity contribution >= 4 is 27.5 Å². The van der Waals surface area contributed by atoms with Crippen molar-refractivity contribution in [1.82, 2.24) is 5.32 Å². The SMILES string of the molecule is CNC(=O)CCCNc1ccc(C#N)cc1Br. The number of rotatable bonds is 5. The number of hydrogen-bond acceptors (Lipinski definition) is 3. The fourth-order valence-electron chi connectivity index (χ4n) is 1.33. The molecule has 0 aliphatic rings. The van der Waals surface area contributed by atoms with Gasteiger partial charge in [-0.25, -0.2) is 0 Å². The summed E-state index contributed by atoms with van der Waals surface area (Å²) in [5.41, 5.74) is 1.55. The Morgan fingerprint density at radius 3 is 2.88 bits per heavy atom. The first-order valence-corrected chi connectivity index (χ1v) is 6.10. The lowest BCUT2D eigenvalue weighted by Crippen LogP contribution is -2.18. The zero-order valence-electron chi connectivity index (χ0n) is 9.59. The lowest BCUT2D eigenvalue weighted by molar-refractivity contribution is -0.120. The lowest BCUT2D eigenvalue weighted by Gasteiger charge is -2.08. The first-order chi connectivity index (χ1) is 8.17. The van der Waals surface area contributed by atoms with Crippen molar-refractivity contribution in [2.75, 3.05) is 18.9 Å². The molecule has 2 N–H and O–H groups in total. The van der Waals surface area contributed by atoms with Gasteiger partial charge in [-0.1, -0.05) is 0 Å². The Morgan fingerprint density at radius 1 is 1.53 bits per heavy atom. The Balaban J connectivity index is 2.42. The highest BCUT2D eigenvalue weighted by atomic mass is 79.9. The Hall–Kier alpha value is -1.54. The van der Waals surface area contributed by atoms with Gasteiger partial charge in [-0.05, 0) is 40.5 Å². The zero-order valence-corrected chi connectivity index (χ0v) is 11.2. The Bertz CT molecular complexity index is 440. The summed E-state index contributed by atoms with van der Waals surface area (Å²) in [6.45, 7) is 0.720. The van der Waals surface area contributed by atoms with E-state index in [1.807, 2.05) is 6.07 Å². The van der Waals surface area contributed by atoms with Crippen LogP contribution >= 0.6 is 15.9 Å². The molecular weight excluding hydrogens is 282 g/mol. The number of carbonyl (C=O) groups excluding carboxylic acids is 1. The molecule has 1 amide bonds. The molecule has 0 bridgehead atoms. The molecule has 1 aromatic carbocycles. The summed E-state index contributed by atoms with van der Waals surface area (Å²) < 4.78 is 0.858. The number of nitrogens with zero attached hydrogens (tertiary/aromatic N) is 1. The number of nitrogens with one attached hydrogen (secondary N) is 2. The van der Waals surface area contributed by atoms with E-state index in [9.17, 15) is 4.79 Å². The molecule has 1 aromatic rings. The molecule has 17 heavy (non-hydrogen) atoms. The smallest absolute Gasteiger partial charge is 0.219 e. The predicted molar refractivity (Wildman–Crippen MR) is 70.6 cm³/mol. The van der Waals surface area contributed by atoms with Gasteiger partial charge in [0.05, 0.1) is 11.6 Å². The van der Waals surface area contributed by atoms with Gasteiger partial charge in [0.2, 0.25) is 5.91 Å². The normalized spacial score (nSPS) is 9.47. The molecule has 0 saturated heterocycles. The molecule has 0 spiro atoms. The molecule has 0 atom stereocenters. The van der Waals surface area contributed by atoms with Crippen LogP contribution in [0.2, 0.25) is 0 Å². The molecule has 90 valence electrons.